The summed E-state index contributed by atoms with van der Waals surface area (Å²) in [5.74, 6) is -1.18. The van der Waals surface area contributed by atoms with Crippen LogP contribution in [0.1, 0.15) is 31.9 Å². The summed E-state index contributed by atoms with van der Waals surface area (Å²) in [5, 5.41) is 10.1. The molecule has 0 atom stereocenters. The zero-order valence-electron chi connectivity index (χ0n) is 11.7. The van der Waals surface area contributed by atoms with E-state index in [2.05, 4.69) is 5.92 Å². The molecule has 0 spiro atoms. The Hall–Kier alpha value is -2.28. The van der Waals surface area contributed by atoms with E-state index in [0.29, 0.717) is 23.1 Å². The SMILES string of the molecule is C#Cc1c(F)c(F)c(O)c2cc(N)cc(CC)c12.CC. The third kappa shape index (κ3) is 2.39. The number of aromatic hydroxyl groups is 1. The zero-order chi connectivity index (χ0) is 15.4. The van der Waals surface area contributed by atoms with Crippen molar-refractivity contribution in [3.63, 3.8) is 0 Å². The lowest BCUT2D eigenvalue weighted by Gasteiger charge is -2.12. The summed E-state index contributed by atoms with van der Waals surface area (Å²) in [7, 11) is 0. The lowest BCUT2D eigenvalue weighted by atomic mass is 9.95. The number of hydrogen-bond donors (Lipinski definition) is 2. The van der Waals surface area contributed by atoms with Crippen molar-refractivity contribution in [2.45, 2.75) is 27.2 Å². The van der Waals surface area contributed by atoms with Gasteiger partial charge in [-0.3, -0.25) is 0 Å². The van der Waals surface area contributed by atoms with Crippen molar-refractivity contribution in [1.29, 1.82) is 0 Å². The number of nitrogens with two attached hydrogens (primary N) is 1. The Bertz CT molecular complexity index is 687. The molecule has 0 aliphatic rings. The fraction of sp³-hybridized carbons (Fsp3) is 0.250. The summed E-state index contributed by atoms with van der Waals surface area (Å²) in [6, 6.07) is 3.02. The normalized spacial score (nSPS) is 9.80. The van der Waals surface area contributed by atoms with Crippen LogP contribution in [0.25, 0.3) is 10.8 Å². The van der Waals surface area contributed by atoms with E-state index in [1.54, 1.807) is 6.07 Å². The van der Waals surface area contributed by atoms with Crippen molar-refractivity contribution in [2.75, 3.05) is 5.73 Å². The van der Waals surface area contributed by atoms with Crippen molar-refractivity contribution < 1.29 is 13.9 Å². The Morgan fingerprint density at radius 3 is 2.35 bits per heavy atom. The van der Waals surface area contributed by atoms with Gasteiger partial charge in [0.1, 0.15) is 0 Å². The molecule has 0 saturated carbocycles. The van der Waals surface area contributed by atoms with Crippen molar-refractivity contribution in [3.05, 3.63) is 34.9 Å². The molecule has 0 fully saturated rings. The minimum atomic E-state index is -1.34. The van der Waals surface area contributed by atoms with E-state index >= 15 is 0 Å². The van der Waals surface area contributed by atoms with Crippen LogP contribution in [0.15, 0.2) is 12.1 Å². The maximum atomic E-state index is 13.7. The van der Waals surface area contributed by atoms with Crippen LogP contribution in [0.4, 0.5) is 14.5 Å². The second-order valence-corrected chi connectivity index (χ2v) is 3.95. The number of hydrogen-bond acceptors (Lipinski definition) is 2. The highest BCUT2D eigenvalue weighted by Crippen LogP contribution is 2.36. The molecular formula is C16H17F2NO. The monoisotopic (exact) mass is 277 g/mol. The average molecular weight is 277 g/mol. The van der Waals surface area contributed by atoms with Crippen molar-refractivity contribution >= 4 is 16.5 Å². The fourth-order valence-corrected chi connectivity index (χ4v) is 2.06. The van der Waals surface area contributed by atoms with Crippen LogP contribution in [0, 0.1) is 24.0 Å². The predicted octanol–water partition coefficient (Wildman–Crippen LogP) is 3.98. The lowest BCUT2D eigenvalue weighted by molar-refractivity contribution is 0.412. The maximum absolute atomic E-state index is 13.7. The average Bonchev–Trinajstić information content (AvgIpc) is 2.47. The van der Waals surface area contributed by atoms with Crippen LogP contribution < -0.4 is 5.73 Å². The minimum Gasteiger partial charge on any atom is -0.504 e. The van der Waals surface area contributed by atoms with Crippen LogP contribution in [0.2, 0.25) is 0 Å². The molecule has 0 aliphatic heterocycles. The van der Waals surface area contributed by atoms with Gasteiger partial charge in [-0.2, -0.15) is 4.39 Å². The van der Waals surface area contributed by atoms with Crippen LogP contribution in [0.3, 0.4) is 0 Å². The summed E-state index contributed by atoms with van der Waals surface area (Å²) in [5.41, 5.74) is 6.52. The number of fused-ring (bicyclic) bond motifs is 1. The first kappa shape index (κ1) is 15.8. The van der Waals surface area contributed by atoms with Crippen molar-refractivity contribution in [1.82, 2.24) is 0 Å². The molecule has 0 aromatic heterocycles. The standard InChI is InChI=1S/C14H11F2NO.C2H6/c1-3-7-5-8(17)6-10-11(7)9(4-2)12(15)13(16)14(10)18;1-2/h2,5-6,18H,3,17H2,1H3;1-2H3. The second kappa shape index (κ2) is 6.25. The number of nitrogen functional groups attached to an aromatic ring is 1. The van der Waals surface area contributed by atoms with Gasteiger partial charge in [-0.1, -0.05) is 26.7 Å². The first-order valence-electron chi connectivity index (χ1n) is 6.39. The number of phenols is 1. The van der Waals surface area contributed by atoms with Gasteiger partial charge in [-0.05, 0) is 24.1 Å². The molecule has 20 heavy (non-hydrogen) atoms. The van der Waals surface area contributed by atoms with E-state index in [0.717, 1.165) is 0 Å². The molecule has 0 bridgehead atoms. The van der Waals surface area contributed by atoms with Gasteiger partial charge < -0.3 is 10.8 Å². The van der Waals surface area contributed by atoms with E-state index in [9.17, 15) is 13.9 Å². The smallest absolute Gasteiger partial charge is 0.202 e. The van der Waals surface area contributed by atoms with Crippen LogP contribution in [-0.4, -0.2) is 5.11 Å². The number of rotatable bonds is 1. The number of halogens is 2. The van der Waals surface area contributed by atoms with Crippen molar-refractivity contribution in [2.24, 2.45) is 0 Å². The Balaban J connectivity index is 0.000000956. The Morgan fingerprint density at radius 1 is 1.25 bits per heavy atom. The number of anilines is 1. The highest BCUT2D eigenvalue weighted by molar-refractivity contribution is 5.97. The maximum Gasteiger partial charge on any atom is 0.202 e. The minimum absolute atomic E-state index is 0.138. The molecule has 0 heterocycles. The topological polar surface area (TPSA) is 46.2 Å². The molecule has 3 N–H and O–H groups in total. The molecule has 106 valence electrons. The molecular weight excluding hydrogens is 260 g/mol. The van der Waals surface area contributed by atoms with Gasteiger partial charge in [0.25, 0.3) is 0 Å². The summed E-state index contributed by atoms with van der Waals surface area (Å²) in [4.78, 5) is 0. The van der Waals surface area contributed by atoms with E-state index in [1.807, 2.05) is 20.8 Å². The second-order valence-electron chi connectivity index (χ2n) is 3.95. The van der Waals surface area contributed by atoms with Crippen LogP contribution >= 0.6 is 0 Å². The molecule has 0 unspecified atom stereocenters. The lowest BCUT2D eigenvalue weighted by Crippen LogP contribution is -1.98. The molecule has 2 aromatic rings. The molecule has 2 aromatic carbocycles. The molecule has 2 rings (SSSR count). The first-order chi connectivity index (χ1) is 9.51. The number of phenolic OH excluding ortho intramolecular Hbond substituents is 1. The summed E-state index contributed by atoms with van der Waals surface area (Å²) in [6.45, 7) is 5.84. The quantitative estimate of drug-likeness (QED) is 0.612. The molecule has 2 nitrogen and oxygen atoms in total. The van der Waals surface area contributed by atoms with E-state index in [4.69, 9.17) is 12.2 Å². The molecule has 0 saturated heterocycles. The molecule has 0 aliphatic carbocycles. The largest absolute Gasteiger partial charge is 0.504 e. The Morgan fingerprint density at radius 2 is 1.85 bits per heavy atom. The van der Waals surface area contributed by atoms with Gasteiger partial charge in [0.15, 0.2) is 11.6 Å². The van der Waals surface area contributed by atoms with E-state index in [1.165, 1.54) is 6.07 Å². The first-order valence-corrected chi connectivity index (χ1v) is 6.39. The van der Waals surface area contributed by atoms with Crippen molar-refractivity contribution in [3.8, 4) is 18.1 Å². The van der Waals surface area contributed by atoms with Gasteiger partial charge in [0.2, 0.25) is 5.82 Å². The van der Waals surface area contributed by atoms with Gasteiger partial charge >= 0.3 is 0 Å². The zero-order valence-corrected chi connectivity index (χ0v) is 11.7. The van der Waals surface area contributed by atoms with Crippen LogP contribution in [0.5, 0.6) is 5.75 Å². The van der Waals surface area contributed by atoms with E-state index < -0.39 is 17.4 Å². The predicted molar refractivity (Wildman–Crippen MR) is 78.6 cm³/mol. The van der Waals surface area contributed by atoms with Gasteiger partial charge in [0.05, 0.1) is 5.56 Å². The summed E-state index contributed by atoms with van der Waals surface area (Å²) in [6.07, 6.45) is 5.77. The number of aryl methyl sites for hydroxylation is 1. The van der Waals surface area contributed by atoms with Crippen LogP contribution in [-0.2, 0) is 6.42 Å². The molecule has 0 amide bonds. The Labute approximate surface area is 117 Å². The van der Waals surface area contributed by atoms with E-state index in [-0.39, 0.29) is 10.9 Å². The third-order valence-corrected chi connectivity index (χ3v) is 2.89. The molecule has 0 radical (unpaired) electrons. The number of terminal acetylenes is 1. The highest BCUT2D eigenvalue weighted by atomic mass is 19.2. The van der Waals surface area contributed by atoms with Gasteiger partial charge in [-0.25, -0.2) is 4.39 Å². The van der Waals surface area contributed by atoms with Gasteiger partial charge in [0, 0.05) is 16.5 Å². The summed E-state index contributed by atoms with van der Waals surface area (Å²) < 4.78 is 27.2. The highest BCUT2D eigenvalue weighted by Gasteiger charge is 2.20. The third-order valence-electron chi connectivity index (χ3n) is 2.89. The fourth-order valence-electron chi connectivity index (χ4n) is 2.06. The van der Waals surface area contributed by atoms with Gasteiger partial charge in [-0.15, -0.1) is 6.42 Å². The molecule has 4 heteroatoms. The summed E-state index contributed by atoms with van der Waals surface area (Å²) >= 11 is 0. The number of benzene rings is 2. The Kier molecular flexibility index (Phi) is 4.93.